The summed E-state index contributed by atoms with van der Waals surface area (Å²) in [4.78, 5) is 10.9. The zero-order chi connectivity index (χ0) is 10.4. The Kier molecular flexibility index (Phi) is 5.97. The lowest BCUT2D eigenvalue weighted by atomic mass is 9.93. The minimum atomic E-state index is -0.311. The molecule has 2 nitrogen and oxygen atoms in total. The molecular formula is C11H22O2. The van der Waals surface area contributed by atoms with Crippen molar-refractivity contribution >= 4 is 5.78 Å². The molecular weight excluding hydrogens is 164 g/mol. The van der Waals surface area contributed by atoms with Crippen LogP contribution in [0.3, 0.4) is 0 Å². The molecule has 3 unspecified atom stereocenters. The summed E-state index contributed by atoms with van der Waals surface area (Å²) < 4.78 is 0. The van der Waals surface area contributed by atoms with E-state index < -0.39 is 0 Å². The molecule has 0 amide bonds. The van der Waals surface area contributed by atoms with Gasteiger partial charge >= 0.3 is 0 Å². The van der Waals surface area contributed by atoms with Crippen LogP contribution in [0.2, 0.25) is 0 Å². The Morgan fingerprint density at radius 1 is 1.31 bits per heavy atom. The van der Waals surface area contributed by atoms with Gasteiger partial charge in [0.15, 0.2) is 0 Å². The molecule has 0 aromatic carbocycles. The van der Waals surface area contributed by atoms with Crippen molar-refractivity contribution in [1.82, 2.24) is 0 Å². The maximum absolute atomic E-state index is 10.9. The fraction of sp³-hybridized carbons (Fsp3) is 0.909. The van der Waals surface area contributed by atoms with E-state index in [0.29, 0.717) is 12.3 Å². The molecule has 3 atom stereocenters. The predicted octanol–water partition coefficient (Wildman–Crippen LogP) is 2.40. The van der Waals surface area contributed by atoms with Gasteiger partial charge in [-0.2, -0.15) is 0 Å². The lowest BCUT2D eigenvalue weighted by Crippen LogP contribution is -2.18. The number of hydrogen-bond acceptors (Lipinski definition) is 2. The van der Waals surface area contributed by atoms with Crippen LogP contribution >= 0.6 is 0 Å². The van der Waals surface area contributed by atoms with Gasteiger partial charge < -0.3 is 5.11 Å². The topological polar surface area (TPSA) is 37.3 Å². The summed E-state index contributed by atoms with van der Waals surface area (Å²) in [5, 5.41) is 9.62. The zero-order valence-electron chi connectivity index (χ0n) is 9.21. The van der Waals surface area contributed by atoms with Crippen molar-refractivity contribution in [2.75, 3.05) is 0 Å². The summed E-state index contributed by atoms with van der Waals surface area (Å²) in [6.07, 6.45) is 2.20. The highest BCUT2D eigenvalue weighted by molar-refractivity contribution is 5.77. The van der Waals surface area contributed by atoms with Crippen molar-refractivity contribution in [3.05, 3.63) is 0 Å². The molecule has 0 heterocycles. The van der Waals surface area contributed by atoms with Crippen LogP contribution in [0.15, 0.2) is 0 Å². The number of Topliss-reactive ketones (excluding diaryl/α,β-unsaturated/α-hetero) is 1. The van der Waals surface area contributed by atoms with Crippen LogP contribution in [0.25, 0.3) is 0 Å². The molecule has 0 aliphatic carbocycles. The van der Waals surface area contributed by atoms with Crippen molar-refractivity contribution in [2.45, 2.75) is 53.1 Å². The lowest BCUT2D eigenvalue weighted by molar-refractivity contribution is -0.121. The number of aliphatic hydroxyl groups excluding tert-OH is 1. The molecule has 0 aromatic heterocycles. The van der Waals surface area contributed by atoms with E-state index >= 15 is 0 Å². The van der Waals surface area contributed by atoms with Crippen molar-refractivity contribution in [2.24, 2.45) is 11.8 Å². The summed E-state index contributed by atoms with van der Waals surface area (Å²) in [5.74, 6) is 0.719. The maximum Gasteiger partial charge on any atom is 0.132 e. The van der Waals surface area contributed by atoms with Crippen molar-refractivity contribution in [3.8, 4) is 0 Å². The standard InChI is InChI=1S/C11H22O2/c1-5-8(2)6-11(13)7-9(3)10(4)12/h8-9,11,13H,5-7H2,1-4H3. The monoisotopic (exact) mass is 186 g/mol. The van der Waals surface area contributed by atoms with Crippen molar-refractivity contribution in [1.29, 1.82) is 0 Å². The second-order valence-electron chi connectivity index (χ2n) is 4.15. The van der Waals surface area contributed by atoms with Crippen LogP contribution in [0, 0.1) is 11.8 Å². The lowest BCUT2D eigenvalue weighted by Gasteiger charge is -2.17. The normalized spacial score (nSPS) is 17.9. The third-order valence-corrected chi connectivity index (χ3v) is 2.69. The van der Waals surface area contributed by atoms with E-state index in [2.05, 4.69) is 13.8 Å². The molecule has 0 aliphatic heterocycles. The smallest absolute Gasteiger partial charge is 0.132 e. The second-order valence-corrected chi connectivity index (χ2v) is 4.15. The highest BCUT2D eigenvalue weighted by atomic mass is 16.3. The van der Waals surface area contributed by atoms with E-state index in [4.69, 9.17) is 0 Å². The van der Waals surface area contributed by atoms with Gasteiger partial charge in [0.25, 0.3) is 0 Å². The maximum atomic E-state index is 10.9. The molecule has 0 aliphatic rings. The fourth-order valence-corrected chi connectivity index (χ4v) is 1.30. The third-order valence-electron chi connectivity index (χ3n) is 2.69. The highest BCUT2D eigenvalue weighted by Crippen LogP contribution is 2.16. The Bertz CT molecular complexity index is 154. The molecule has 2 heteroatoms. The molecule has 13 heavy (non-hydrogen) atoms. The quantitative estimate of drug-likeness (QED) is 0.691. The number of carbonyl (C=O) groups excluding carboxylic acids is 1. The zero-order valence-corrected chi connectivity index (χ0v) is 9.21. The summed E-state index contributed by atoms with van der Waals surface area (Å²) in [6, 6.07) is 0. The summed E-state index contributed by atoms with van der Waals surface area (Å²) in [7, 11) is 0. The van der Waals surface area contributed by atoms with Crippen LogP contribution < -0.4 is 0 Å². The molecule has 0 spiro atoms. The summed E-state index contributed by atoms with van der Waals surface area (Å²) >= 11 is 0. The van der Waals surface area contributed by atoms with Gasteiger partial charge in [0.1, 0.15) is 5.78 Å². The van der Waals surface area contributed by atoms with E-state index in [-0.39, 0.29) is 17.8 Å². The van der Waals surface area contributed by atoms with E-state index in [0.717, 1.165) is 12.8 Å². The van der Waals surface area contributed by atoms with Crippen LogP contribution in [-0.4, -0.2) is 17.0 Å². The van der Waals surface area contributed by atoms with Gasteiger partial charge in [0, 0.05) is 5.92 Å². The minimum Gasteiger partial charge on any atom is -0.393 e. The first kappa shape index (κ1) is 12.6. The van der Waals surface area contributed by atoms with Crippen LogP contribution in [0.1, 0.15) is 47.0 Å². The Morgan fingerprint density at radius 2 is 1.85 bits per heavy atom. The van der Waals surface area contributed by atoms with Gasteiger partial charge in [-0.15, -0.1) is 0 Å². The molecule has 0 aromatic rings. The highest BCUT2D eigenvalue weighted by Gasteiger charge is 2.15. The van der Waals surface area contributed by atoms with Gasteiger partial charge in [-0.3, -0.25) is 4.79 Å². The molecule has 78 valence electrons. The van der Waals surface area contributed by atoms with E-state index in [9.17, 15) is 9.90 Å². The van der Waals surface area contributed by atoms with Crippen LogP contribution in [0.4, 0.5) is 0 Å². The van der Waals surface area contributed by atoms with E-state index in [1.807, 2.05) is 6.92 Å². The Balaban J connectivity index is 3.73. The number of aliphatic hydroxyl groups is 1. The van der Waals surface area contributed by atoms with Crippen molar-refractivity contribution < 1.29 is 9.90 Å². The summed E-state index contributed by atoms with van der Waals surface area (Å²) in [6.45, 7) is 7.70. The number of hydrogen-bond donors (Lipinski definition) is 1. The Morgan fingerprint density at radius 3 is 2.23 bits per heavy atom. The molecule has 0 fully saturated rings. The first-order chi connectivity index (χ1) is 5.97. The third kappa shape index (κ3) is 5.81. The average molecular weight is 186 g/mol. The number of ketones is 1. The Hall–Kier alpha value is -0.370. The van der Waals surface area contributed by atoms with Crippen LogP contribution in [-0.2, 0) is 4.79 Å². The molecule has 0 radical (unpaired) electrons. The van der Waals surface area contributed by atoms with Gasteiger partial charge in [-0.05, 0) is 25.7 Å². The number of carbonyl (C=O) groups is 1. The first-order valence-corrected chi connectivity index (χ1v) is 5.15. The minimum absolute atomic E-state index is 0.000874. The van der Waals surface area contributed by atoms with Crippen LogP contribution in [0.5, 0.6) is 0 Å². The van der Waals surface area contributed by atoms with Crippen molar-refractivity contribution in [3.63, 3.8) is 0 Å². The summed E-state index contributed by atoms with van der Waals surface area (Å²) in [5.41, 5.74) is 0. The first-order valence-electron chi connectivity index (χ1n) is 5.15. The van der Waals surface area contributed by atoms with Gasteiger partial charge in [0.2, 0.25) is 0 Å². The van der Waals surface area contributed by atoms with E-state index in [1.54, 1.807) is 6.92 Å². The fourth-order valence-electron chi connectivity index (χ4n) is 1.30. The van der Waals surface area contributed by atoms with Gasteiger partial charge in [0.05, 0.1) is 6.10 Å². The molecule has 0 saturated carbocycles. The van der Waals surface area contributed by atoms with Gasteiger partial charge in [-0.1, -0.05) is 27.2 Å². The van der Waals surface area contributed by atoms with E-state index in [1.165, 1.54) is 0 Å². The largest absolute Gasteiger partial charge is 0.393 e. The average Bonchev–Trinajstić information content (AvgIpc) is 2.03. The second kappa shape index (κ2) is 6.14. The Labute approximate surface area is 81.3 Å². The SMILES string of the molecule is CCC(C)CC(O)CC(C)C(C)=O. The predicted molar refractivity (Wildman–Crippen MR) is 54.5 cm³/mol. The molecule has 0 saturated heterocycles. The molecule has 0 bridgehead atoms. The van der Waals surface area contributed by atoms with Gasteiger partial charge in [-0.25, -0.2) is 0 Å². The molecule has 0 rings (SSSR count). The molecule has 1 N–H and O–H groups in total. The number of rotatable bonds is 6.